The van der Waals surface area contributed by atoms with Gasteiger partial charge in [0.1, 0.15) is 5.75 Å². The third-order valence-electron chi connectivity index (χ3n) is 5.41. The third kappa shape index (κ3) is 4.49. The summed E-state index contributed by atoms with van der Waals surface area (Å²) in [7, 11) is -0.287. The second kappa shape index (κ2) is 9.53. The number of fused-ring (bicyclic) bond motifs is 1. The fraction of sp³-hybridized carbons (Fsp3) is 0.364. The number of carbonyl (C=O) groups is 1. The monoisotopic (exact) mass is 475 g/mol. The van der Waals surface area contributed by atoms with Crippen LogP contribution in [0.4, 0.5) is 0 Å². The molecule has 3 aromatic rings. The highest BCUT2D eigenvalue weighted by Gasteiger charge is 2.27. The van der Waals surface area contributed by atoms with Crippen LogP contribution in [-0.2, 0) is 21.3 Å². The smallest absolute Gasteiger partial charge is 0.279 e. The summed E-state index contributed by atoms with van der Waals surface area (Å²) in [5.74, 6) is 0.296. The second-order valence-corrected chi connectivity index (χ2v) is 10.4. The molecule has 32 heavy (non-hydrogen) atoms. The van der Waals surface area contributed by atoms with Gasteiger partial charge < -0.3 is 14.0 Å². The van der Waals surface area contributed by atoms with E-state index in [0.717, 1.165) is 28.8 Å². The molecule has 0 atom stereocenters. The van der Waals surface area contributed by atoms with Crippen LogP contribution in [0.5, 0.6) is 5.75 Å². The summed E-state index contributed by atoms with van der Waals surface area (Å²) < 4.78 is 40.3. The van der Waals surface area contributed by atoms with Gasteiger partial charge in [0.2, 0.25) is 10.0 Å². The summed E-state index contributed by atoms with van der Waals surface area (Å²) in [5, 5.41) is 0. The number of nitrogens with zero attached hydrogens (tertiary/aromatic N) is 3. The molecule has 10 heteroatoms. The van der Waals surface area contributed by atoms with Crippen molar-refractivity contribution < 1.29 is 22.7 Å². The van der Waals surface area contributed by atoms with Crippen molar-refractivity contribution in [2.75, 3.05) is 33.9 Å². The van der Waals surface area contributed by atoms with E-state index in [-0.39, 0.29) is 4.90 Å². The maximum absolute atomic E-state index is 12.9. The van der Waals surface area contributed by atoms with E-state index in [4.69, 9.17) is 9.47 Å². The van der Waals surface area contributed by atoms with E-state index >= 15 is 0 Å². The molecule has 0 unspecified atom stereocenters. The van der Waals surface area contributed by atoms with Crippen LogP contribution in [0.15, 0.2) is 52.4 Å². The Labute approximate surface area is 190 Å². The number of thiazole rings is 1. The molecular formula is C22H25N3O5S2. The quantitative estimate of drug-likeness (QED) is 0.524. The number of amides is 1. The van der Waals surface area contributed by atoms with Crippen LogP contribution >= 0.6 is 11.3 Å². The van der Waals surface area contributed by atoms with Crippen LogP contribution in [0.25, 0.3) is 10.2 Å². The largest absolute Gasteiger partial charge is 0.497 e. The highest BCUT2D eigenvalue weighted by Crippen LogP contribution is 2.24. The summed E-state index contributed by atoms with van der Waals surface area (Å²) >= 11 is 1.39. The van der Waals surface area contributed by atoms with Crippen LogP contribution < -0.4 is 9.54 Å². The normalized spacial score (nSPS) is 15.5. The van der Waals surface area contributed by atoms with Gasteiger partial charge >= 0.3 is 0 Å². The number of hydrogen-bond donors (Lipinski definition) is 0. The summed E-state index contributed by atoms with van der Waals surface area (Å²) in [5.41, 5.74) is 1.27. The lowest BCUT2D eigenvalue weighted by Crippen LogP contribution is -2.27. The zero-order chi connectivity index (χ0) is 22.7. The van der Waals surface area contributed by atoms with E-state index in [2.05, 4.69) is 4.99 Å². The van der Waals surface area contributed by atoms with Crippen molar-refractivity contribution in [3.8, 4) is 5.75 Å². The third-order valence-corrected chi connectivity index (χ3v) is 8.36. The Balaban J connectivity index is 1.66. The Morgan fingerprint density at radius 3 is 2.47 bits per heavy atom. The molecule has 170 valence electrons. The second-order valence-electron chi connectivity index (χ2n) is 7.42. The first-order valence-electron chi connectivity index (χ1n) is 10.3. The van der Waals surface area contributed by atoms with Crippen molar-refractivity contribution in [1.82, 2.24) is 8.87 Å². The van der Waals surface area contributed by atoms with Crippen LogP contribution in [-0.4, -0.2) is 57.1 Å². The van der Waals surface area contributed by atoms with Gasteiger partial charge in [0, 0.05) is 32.3 Å². The minimum atomic E-state index is -3.52. The number of rotatable bonds is 7. The molecule has 0 spiro atoms. The zero-order valence-corrected chi connectivity index (χ0v) is 19.6. The van der Waals surface area contributed by atoms with Gasteiger partial charge in [0.05, 0.1) is 28.8 Å². The number of aromatic nitrogens is 1. The fourth-order valence-electron chi connectivity index (χ4n) is 3.66. The predicted octanol–water partition coefficient (Wildman–Crippen LogP) is 2.88. The van der Waals surface area contributed by atoms with E-state index in [1.54, 1.807) is 14.2 Å². The number of benzene rings is 2. The maximum Gasteiger partial charge on any atom is 0.279 e. The van der Waals surface area contributed by atoms with Gasteiger partial charge in [0.25, 0.3) is 5.91 Å². The minimum absolute atomic E-state index is 0.195. The first-order valence-corrected chi connectivity index (χ1v) is 12.6. The highest BCUT2D eigenvalue weighted by molar-refractivity contribution is 7.89. The van der Waals surface area contributed by atoms with Crippen molar-refractivity contribution in [3.05, 3.63) is 52.8 Å². The van der Waals surface area contributed by atoms with Gasteiger partial charge in [-0.2, -0.15) is 9.30 Å². The van der Waals surface area contributed by atoms with Crippen LogP contribution in [0.1, 0.15) is 23.2 Å². The summed E-state index contributed by atoms with van der Waals surface area (Å²) in [6, 6.07) is 11.7. The molecule has 0 saturated carbocycles. The Morgan fingerprint density at radius 2 is 1.81 bits per heavy atom. The van der Waals surface area contributed by atoms with Gasteiger partial charge in [-0.3, -0.25) is 4.79 Å². The van der Waals surface area contributed by atoms with Crippen molar-refractivity contribution in [2.45, 2.75) is 24.3 Å². The molecule has 2 aromatic carbocycles. The van der Waals surface area contributed by atoms with Crippen LogP contribution in [0.3, 0.4) is 0 Å². The molecule has 2 heterocycles. The summed E-state index contributed by atoms with van der Waals surface area (Å²) in [6.45, 7) is 2.09. The van der Waals surface area contributed by atoms with Gasteiger partial charge in [-0.25, -0.2) is 8.42 Å². The molecule has 0 bridgehead atoms. The summed E-state index contributed by atoms with van der Waals surface area (Å²) in [4.78, 5) is 17.9. The van der Waals surface area contributed by atoms with Gasteiger partial charge in [-0.15, -0.1) is 0 Å². The topological polar surface area (TPSA) is 90.2 Å². The molecule has 0 aliphatic carbocycles. The van der Waals surface area contributed by atoms with Crippen LogP contribution in [0.2, 0.25) is 0 Å². The SMILES string of the molecule is COCCn1c(=NC(=O)c2ccc(S(=O)(=O)N3CCCC3)cc2)sc2cc(OC)ccc21. The van der Waals surface area contributed by atoms with E-state index < -0.39 is 15.9 Å². The lowest BCUT2D eigenvalue weighted by Gasteiger charge is -2.15. The van der Waals surface area contributed by atoms with Crippen molar-refractivity contribution in [1.29, 1.82) is 0 Å². The van der Waals surface area contributed by atoms with Crippen molar-refractivity contribution in [2.24, 2.45) is 4.99 Å². The number of carbonyl (C=O) groups excluding carboxylic acids is 1. The average molecular weight is 476 g/mol. The number of ether oxygens (including phenoxy) is 2. The molecule has 1 amide bonds. The maximum atomic E-state index is 12.9. The molecule has 0 N–H and O–H groups in total. The van der Waals surface area contributed by atoms with Crippen molar-refractivity contribution in [3.63, 3.8) is 0 Å². The van der Waals surface area contributed by atoms with Gasteiger partial charge in [-0.1, -0.05) is 11.3 Å². The van der Waals surface area contributed by atoms with E-state index in [1.165, 1.54) is 39.9 Å². The fourth-order valence-corrected chi connectivity index (χ4v) is 6.26. The lowest BCUT2D eigenvalue weighted by atomic mass is 10.2. The predicted molar refractivity (Wildman–Crippen MR) is 123 cm³/mol. The molecule has 8 nitrogen and oxygen atoms in total. The zero-order valence-electron chi connectivity index (χ0n) is 18.0. The number of methoxy groups -OCH3 is 2. The molecule has 1 aliphatic heterocycles. The molecule has 1 aliphatic rings. The van der Waals surface area contributed by atoms with E-state index in [0.29, 0.717) is 36.6 Å². The Kier molecular flexibility index (Phi) is 6.75. The Morgan fingerprint density at radius 1 is 1.09 bits per heavy atom. The number of sulfonamides is 1. The number of hydrogen-bond acceptors (Lipinski definition) is 6. The summed E-state index contributed by atoms with van der Waals surface area (Å²) in [6.07, 6.45) is 1.75. The minimum Gasteiger partial charge on any atom is -0.497 e. The van der Waals surface area contributed by atoms with E-state index in [9.17, 15) is 13.2 Å². The molecule has 1 aromatic heterocycles. The van der Waals surface area contributed by atoms with Gasteiger partial charge in [-0.05, 0) is 55.3 Å². The lowest BCUT2D eigenvalue weighted by molar-refractivity contribution is 0.0997. The molecule has 1 saturated heterocycles. The van der Waals surface area contributed by atoms with Crippen molar-refractivity contribution >= 4 is 37.5 Å². The molecular weight excluding hydrogens is 450 g/mol. The standard InChI is InChI=1S/C22H25N3O5S2/c1-29-14-13-25-19-10-7-17(30-2)15-20(19)31-22(25)23-21(26)16-5-8-18(9-6-16)32(27,28)24-11-3-4-12-24/h5-10,15H,3-4,11-14H2,1-2H3. The first-order chi connectivity index (χ1) is 15.4. The average Bonchev–Trinajstić information content (AvgIpc) is 3.46. The van der Waals surface area contributed by atoms with Gasteiger partial charge in [0.15, 0.2) is 4.80 Å². The molecule has 1 fully saturated rings. The molecule has 4 rings (SSSR count). The Bertz CT molecular complexity index is 1290. The first kappa shape index (κ1) is 22.7. The molecule has 0 radical (unpaired) electrons. The van der Waals surface area contributed by atoms with E-state index in [1.807, 2.05) is 22.8 Å². The Hall–Kier alpha value is -2.53. The van der Waals surface area contributed by atoms with Crippen LogP contribution in [0, 0.1) is 0 Å². The highest BCUT2D eigenvalue weighted by atomic mass is 32.2.